The Labute approximate surface area is 75.3 Å². The van der Waals surface area contributed by atoms with E-state index in [4.69, 9.17) is 5.26 Å². The number of aromatic hydroxyl groups is 1. The van der Waals surface area contributed by atoms with E-state index in [1.54, 1.807) is 6.92 Å². The number of phenols is 1. The number of hydrogen-bond donors (Lipinski definition) is 2. The van der Waals surface area contributed by atoms with E-state index >= 15 is 0 Å². The monoisotopic (exact) mass is 204 g/mol. The summed E-state index contributed by atoms with van der Waals surface area (Å²) in [5, 5.41) is 17.2. The van der Waals surface area contributed by atoms with Crippen LogP contribution in [-0.2, 0) is 14.5 Å². The second-order valence-electron chi connectivity index (χ2n) is 2.50. The molecule has 1 aromatic rings. The van der Waals surface area contributed by atoms with Crippen LogP contribution in [0.25, 0.3) is 0 Å². The Morgan fingerprint density at radius 2 is 2.00 bits per heavy atom. The molecule has 0 heterocycles. The second kappa shape index (κ2) is 3.33. The topological polar surface area (TPSA) is 83.8 Å². The standard InChI is InChI=1S/C7H8O5S/c1-5-2-3-7(6(8)4-5)13(10,11)12-9/h2-4,8-9H,1H3. The summed E-state index contributed by atoms with van der Waals surface area (Å²) in [4.78, 5) is -0.458. The Balaban J connectivity index is 3.33. The number of hydrogen-bond acceptors (Lipinski definition) is 5. The van der Waals surface area contributed by atoms with Gasteiger partial charge < -0.3 is 5.11 Å². The zero-order valence-electron chi connectivity index (χ0n) is 6.76. The summed E-state index contributed by atoms with van der Waals surface area (Å²) in [6.07, 6.45) is 0. The number of aryl methyl sites for hydroxylation is 1. The van der Waals surface area contributed by atoms with Gasteiger partial charge in [0.15, 0.2) is 0 Å². The highest BCUT2D eigenvalue weighted by Gasteiger charge is 2.19. The lowest BCUT2D eigenvalue weighted by Crippen LogP contribution is -2.03. The summed E-state index contributed by atoms with van der Waals surface area (Å²) in [5.74, 6) is -0.450. The zero-order chi connectivity index (χ0) is 10.1. The molecule has 0 bridgehead atoms. The van der Waals surface area contributed by atoms with Crippen molar-refractivity contribution in [3.63, 3.8) is 0 Å². The third-order valence-electron chi connectivity index (χ3n) is 1.48. The van der Waals surface area contributed by atoms with Crippen LogP contribution in [0.5, 0.6) is 5.75 Å². The molecule has 0 radical (unpaired) electrons. The molecule has 0 spiro atoms. The Morgan fingerprint density at radius 3 is 2.46 bits per heavy atom. The molecule has 1 aromatic carbocycles. The van der Waals surface area contributed by atoms with Crippen molar-refractivity contribution < 1.29 is 23.1 Å². The zero-order valence-corrected chi connectivity index (χ0v) is 7.58. The van der Waals surface area contributed by atoms with E-state index in [0.29, 0.717) is 5.56 Å². The molecular formula is C7H8O5S. The quantitative estimate of drug-likeness (QED) is 0.551. The van der Waals surface area contributed by atoms with Gasteiger partial charge in [-0.15, -0.1) is 4.33 Å². The molecule has 0 amide bonds. The van der Waals surface area contributed by atoms with Gasteiger partial charge in [-0.05, 0) is 24.6 Å². The summed E-state index contributed by atoms with van der Waals surface area (Å²) >= 11 is 0. The van der Waals surface area contributed by atoms with Gasteiger partial charge in [0.25, 0.3) is 0 Å². The Kier molecular flexibility index (Phi) is 2.55. The van der Waals surface area contributed by atoms with Crippen LogP contribution in [0.4, 0.5) is 0 Å². The predicted octanol–water partition coefficient (Wildman–Crippen LogP) is 0.879. The minimum Gasteiger partial charge on any atom is -0.506 e. The molecule has 13 heavy (non-hydrogen) atoms. The van der Waals surface area contributed by atoms with Gasteiger partial charge in [-0.2, -0.15) is 8.42 Å². The Hall–Kier alpha value is -1.11. The van der Waals surface area contributed by atoms with Crippen molar-refractivity contribution in [1.29, 1.82) is 0 Å². The summed E-state index contributed by atoms with van der Waals surface area (Å²) in [6, 6.07) is 3.88. The van der Waals surface area contributed by atoms with E-state index in [1.807, 2.05) is 0 Å². The van der Waals surface area contributed by atoms with Crippen LogP contribution in [0, 0.1) is 6.92 Å². The third kappa shape index (κ3) is 1.97. The van der Waals surface area contributed by atoms with Crippen LogP contribution in [0.3, 0.4) is 0 Å². The second-order valence-corrected chi connectivity index (χ2v) is 4.00. The maximum atomic E-state index is 10.9. The van der Waals surface area contributed by atoms with Gasteiger partial charge in [0.2, 0.25) is 0 Å². The molecule has 0 atom stereocenters. The third-order valence-corrected chi connectivity index (χ3v) is 2.56. The summed E-state index contributed by atoms with van der Waals surface area (Å²) in [6.45, 7) is 1.69. The van der Waals surface area contributed by atoms with Crippen LogP contribution in [-0.4, -0.2) is 18.8 Å². The van der Waals surface area contributed by atoms with Crippen molar-refractivity contribution in [1.82, 2.24) is 0 Å². The highest BCUT2D eigenvalue weighted by Crippen LogP contribution is 2.24. The van der Waals surface area contributed by atoms with Crippen molar-refractivity contribution >= 4 is 10.1 Å². The Bertz CT molecular complexity index is 409. The summed E-state index contributed by atoms with van der Waals surface area (Å²) in [5.41, 5.74) is 0.703. The van der Waals surface area contributed by atoms with Crippen molar-refractivity contribution in [2.24, 2.45) is 0 Å². The van der Waals surface area contributed by atoms with Crippen molar-refractivity contribution in [2.75, 3.05) is 0 Å². The smallest absolute Gasteiger partial charge is 0.326 e. The van der Waals surface area contributed by atoms with Gasteiger partial charge in [0.1, 0.15) is 10.6 Å². The van der Waals surface area contributed by atoms with Gasteiger partial charge >= 0.3 is 10.1 Å². The fourth-order valence-corrected chi connectivity index (χ4v) is 1.51. The largest absolute Gasteiger partial charge is 0.506 e. The molecule has 0 fully saturated rings. The van der Waals surface area contributed by atoms with Crippen molar-refractivity contribution in [2.45, 2.75) is 11.8 Å². The molecule has 2 N–H and O–H groups in total. The molecule has 0 saturated carbocycles. The van der Waals surface area contributed by atoms with Crippen LogP contribution >= 0.6 is 0 Å². The lowest BCUT2D eigenvalue weighted by atomic mass is 10.2. The van der Waals surface area contributed by atoms with Crippen molar-refractivity contribution in [3.05, 3.63) is 23.8 Å². The molecule has 0 saturated heterocycles. The molecule has 0 aliphatic carbocycles. The SMILES string of the molecule is Cc1ccc(S(=O)(=O)OO)c(O)c1. The van der Waals surface area contributed by atoms with Gasteiger partial charge in [-0.25, -0.2) is 5.26 Å². The molecule has 6 heteroatoms. The molecule has 0 aromatic heterocycles. The first-order valence-corrected chi connectivity index (χ1v) is 4.76. The van der Waals surface area contributed by atoms with Crippen LogP contribution in [0.2, 0.25) is 0 Å². The number of phenolic OH excluding ortho intramolecular Hbond substituents is 1. The molecule has 72 valence electrons. The van der Waals surface area contributed by atoms with E-state index in [9.17, 15) is 13.5 Å². The summed E-state index contributed by atoms with van der Waals surface area (Å²) < 4.78 is 25.1. The van der Waals surface area contributed by atoms with Gasteiger partial charge in [0, 0.05) is 0 Å². The maximum absolute atomic E-state index is 10.9. The minimum absolute atomic E-state index is 0.450. The first-order valence-electron chi connectivity index (χ1n) is 3.35. The lowest BCUT2D eigenvalue weighted by Gasteiger charge is -2.02. The van der Waals surface area contributed by atoms with E-state index in [0.717, 1.165) is 6.07 Å². The molecule has 0 aliphatic rings. The number of rotatable bonds is 2. The molecule has 0 unspecified atom stereocenters. The molecule has 1 rings (SSSR count). The highest BCUT2D eigenvalue weighted by molar-refractivity contribution is 7.86. The predicted molar refractivity (Wildman–Crippen MR) is 43.7 cm³/mol. The normalized spacial score (nSPS) is 11.5. The van der Waals surface area contributed by atoms with E-state index < -0.39 is 20.8 Å². The van der Waals surface area contributed by atoms with Gasteiger partial charge in [0.05, 0.1) is 0 Å². The molecule has 0 aliphatic heterocycles. The van der Waals surface area contributed by atoms with Gasteiger partial charge in [-0.1, -0.05) is 6.07 Å². The highest BCUT2D eigenvalue weighted by atomic mass is 32.2. The minimum atomic E-state index is -4.24. The summed E-state index contributed by atoms with van der Waals surface area (Å²) in [7, 11) is -4.24. The maximum Gasteiger partial charge on any atom is 0.326 e. The van der Waals surface area contributed by atoms with Crippen molar-refractivity contribution in [3.8, 4) is 5.75 Å². The molecular weight excluding hydrogens is 196 g/mol. The van der Waals surface area contributed by atoms with E-state index in [2.05, 4.69) is 4.33 Å². The van der Waals surface area contributed by atoms with Crippen LogP contribution in [0.1, 0.15) is 5.56 Å². The van der Waals surface area contributed by atoms with Crippen LogP contribution in [0.15, 0.2) is 23.1 Å². The van der Waals surface area contributed by atoms with E-state index in [-0.39, 0.29) is 0 Å². The first-order chi connectivity index (χ1) is 5.97. The van der Waals surface area contributed by atoms with Crippen LogP contribution < -0.4 is 0 Å². The van der Waals surface area contributed by atoms with Gasteiger partial charge in [-0.3, -0.25) is 0 Å². The Morgan fingerprint density at radius 1 is 1.38 bits per heavy atom. The number of benzene rings is 1. The van der Waals surface area contributed by atoms with E-state index in [1.165, 1.54) is 12.1 Å². The fraction of sp³-hybridized carbons (Fsp3) is 0.143. The lowest BCUT2D eigenvalue weighted by molar-refractivity contribution is -0.130. The average Bonchev–Trinajstić information content (AvgIpc) is 2.03. The molecule has 5 nitrogen and oxygen atoms in total. The average molecular weight is 204 g/mol. The fourth-order valence-electron chi connectivity index (χ4n) is 0.879. The first kappa shape index (κ1) is 9.97.